The number of anilines is 1. The Bertz CT molecular complexity index is 1180. The van der Waals surface area contributed by atoms with E-state index in [4.69, 9.17) is 10.00 Å². The summed E-state index contributed by atoms with van der Waals surface area (Å²) in [6.45, 7) is 1.70. The number of hydrogen-bond donors (Lipinski definition) is 1. The Morgan fingerprint density at radius 3 is 2.55 bits per heavy atom. The summed E-state index contributed by atoms with van der Waals surface area (Å²) < 4.78 is 6.33. The first-order valence-electron chi connectivity index (χ1n) is 9.01. The van der Waals surface area contributed by atoms with Gasteiger partial charge < -0.3 is 10.1 Å². The molecule has 8 heteroatoms. The third-order valence-electron chi connectivity index (χ3n) is 4.15. The number of rotatable bonds is 6. The number of nitriles is 1. The van der Waals surface area contributed by atoms with Crippen LogP contribution in [0.1, 0.15) is 29.4 Å². The molecule has 0 radical (unpaired) electrons. The largest absolute Gasteiger partial charge is 0.451 e. The van der Waals surface area contributed by atoms with Crippen molar-refractivity contribution in [2.45, 2.75) is 19.9 Å². The first-order chi connectivity index (χ1) is 14.0. The minimum Gasteiger partial charge on any atom is -0.451 e. The molecule has 0 unspecified atom stereocenters. The molecule has 2 aromatic carbocycles. The van der Waals surface area contributed by atoms with E-state index in [1.54, 1.807) is 48.5 Å². The molecule has 0 saturated carbocycles. The molecule has 1 aromatic heterocycles. The molecule has 0 aliphatic heterocycles. The highest BCUT2D eigenvalue weighted by atomic mass is 16.5. The highest BCUT2D eigenvalue weighted by Gasteiger charge is 2.19. The molecule has 3 rings (SSSR count). The predicted molar refractivity (Wildman–Crippen MR) is 106 cm³/mol. The molecule has 0 saturated heterocycles. The van der Waals surface area contributed by atoms with Gasteiger partial charge in [-0.1, -0.05) is 37.3 Å². The van der Waals surface area contributed by atoms with Crippen molar-refractivity contribution in [1.82, 2.24) is 9.78 Å². The number of nitrogens with zero attached hydrogens (tertiary/aromatic N) is 3. The van der Waals surface area contributed by atoms with Crippen LogP contribution in [-0.2, 0) is 16.1 Å². The molecule has 0 aliphatic rings. The summed E-state index contributed by atoms with van der Waals surface area (Å²) in [5.41, 5.74) is 0.311. The van der Waals surface area contributed by atoms with Gasteiger partial charge in [0.05, 0.1) is 16.6 Å². The lowest BCUT2D eigenvalue weighted by Crippen LogP contribution is -2.27. The zero-order valence-corrected chi connectivity index (χ0v) is 15.7. The van der Waals surface area contributed by atoms with Crippen LogP contribution in [0.3, 0.4) is 0 Å². The second-order valence-electron chi connectivity index (χ2n) is 6.20. The minimum absolute atomic E-state index is 0.0288. The number of amides is 1. The molecule has 0 aliphatic carbocycles. The highest BCUT2D eigenvalue weighted by Crippen LogP contribution is 2.15. The van der Waals surface area contributed by atoms with Crippen molar-refractivity contribution in [3.63, 3.8) is 0 Å². The molecule has 1 amide bonds. The molecule has 0 atom stereocenters. The van der Waals surface area contributed by atoms with E-state index in [-0.39, 0.29) is 11.3 Å². The number of fused-ring (bicyclic) bond motifs is 1. The zero-order valence-electron chi connectivity index (χ0n) is 15.7. The number of hydrogen-bond acceptors (Lipinski definition) is 6. The zero-order chi connectivity index (χ0) is 20.8. The maximum atomic E-state index is 12.6. The van der Waals surface area contributed by atoms with Gasteiger partial charge in [-0.3, -0.25) is 9.59 Å². The highest BCUT2D eigenvalue weighted by molar-refractivity contribution is 6.03. The van der Waals surface area contributed by atoms with Crippen molar-refractivity contribution in [1.29, 1.82) is 5.26 Å². The summed E-state index contributed by atoms with van der Waals surface area (Å²) >= 11 is 0. The average Bonchev–Trinajstić information content (AvgIpc) is 2.74. The molecular weight excluding hydrogens is 372 g/mol. The van der Waals surface area contributed by atoms with E-state index < -0.39 is 18.5 Å². The number of aryl methyl sites for hydroxylation is 1. The van der Waals surface area contributed by atoms with Gasteiger partial charge in [-0.25, -0.2) is 9.48 Å². The predicted octanol–water partition coefficient (Wildman–Crippen LogP) is 2.47. The second kappa shape index (κ2) is 8.80. The van der Waals surface area contributed by atoms with Crippen molar-refractivity contribution in [3.05, 3.63) is 70.1 Å². The van der Waals surface area contributed by atoms with Gasteiger partial charge in [-0.2, -0.15) is 10.4 Å². The third-order valence-corrected chi connectivity index (χ3v) is 4.15. The van der Waals surface area contributed by atoms with Gasteiger partial charge in [0.25, 0.3) is 11.5 Å². The van der Waals surface area contributed by atoms with E-state index >= 15 is 0 Å². The number of ether oxygens (including phenoxy) is 1. The van der Waals surface area contributed by atoms with Crippen LogP contribution in [0.2, 0.25) is 0 Å². The van der Waals surface area contributed by atoms with Crippen LogP contribution in [0.5, 0.6) is 0 Å². The van der Waals surface area contributed by atoms with Gasteiger partial charge in [0.1, 0.15) is 6.07 Å². The number of carbonyl (C=O) groups excluding carboxylic acids is 2. The SMILES string of the molecule is CCCn1nc(C(=O)OCC(=O)Nc2ccccc2C#N)c2ccccc2c1=O. The Balaban J connectivity index is 1.80. The first kappa shape index (κ1) is 19.8. The fourth-order valence-electron chi connectivity index (χ4n) is 2.82. The Hall–Kier alpha value is -3.99. The third kappa shape index (κ3) is 4.30. The molecule has 1 N–H and O–H groups in total. The molecule has 146 valence electrons. The molecule has 0 bridgehead atoms. The number of nitrogens with one attached hydrogen (secondary N) is 1. The van der Waals surface area contributed by atoms with E-state index in [0.29, 0.717) is 35.0 Å². The van der Waals surface area contributed by atoms with E-state index in [1.165, 1.54) is 4.68 Å². The maximum absolute atomic E-state index is 12.6. The van der Waals surface area contributed by atoms with Crippen molar-refractivity contribution in [2.24, 2.45) is 0 Å². The number of esters is 1. The number of para-hydroxylation sites is 1. The average molecular weight is 390 g/mol. The van der Waals surface area contributed by atoms with Crippen LogP contribution < -0.4 is 10.9 Å². The summed E-state index contributed by atoms with van der Waals surface area (Å²) in [5, 5.41) is 16.5. The van der Waals surface area contributed by atoms with Crippen LogP contribution in [0.25, 0.3) is 10.8 Å². The lowest BCUT2D eigenvalue weighted by atomic mass is 10.1. The smallest absolute Gasteiger partial charge is 0.359 e. The van der Waals surface area contributed by atoms with E-state index in [1.807, 2.05) is 13.0 Å². The van der Waals surface area contributed by atoms with Crippen LogP contribution in [0.15, 0.2) is 53.3 Å². The first-order valence-corrected chi connectivity index (χ1v) is 9.01. The summed E-state index contributed by atoms with van der Waals surface area (Å²) in [6, 6.07) is 15.1. The molecule has 0 fully saturated rings. The van der Waals surface area contributed by atoms with Crippen LogP contribution >= 0.6 is 0 Å². The standard InChI is InChI=1S/C21H18N4O4/c1-2-11-25-20(27)16-9-5-4-8-15(16)19(24-25)21(28)29-13-18(26)23-17-10-6-3-7-14(17)12-22/h3-10H,2,11,13H2,1H3,(H,23,26). The van der Waals surface area contributed by atoms with E-state index in [9.17, 15) is 14.4 Å². The maximum Gasteiger partial charge on any atom is 0.359 e. The van der Waals surface area contributed by atoms with Crippen molar-refractivity contribution in [2.75, 3.05) is 11.9 Å². The monoisotopic (exact) mass is 390 g/mol. The van der Waals surface area contributed by atoms with Crippen LogP contribution in [-0.4, -0.2) is 28.3 Å². The van der Waals surface area contributed by atoms with Crippen LogP contribution in [0.4, 0.5) is 5.69 Å². The Morgan fingerprint density at radius 1 is 1.14 bits per heavy atom. The summed E-state index contributed by atoms with van der Waals surface area (Å²) in [6.07, 6.45) is 0.667. The second-order valence-corrected chi connectivity index (χ2v) is 6.20. The lowest BCUT2D eigenvalue weighted by Gasteiger charge is -2.11. The molecule has 29 heavy (non-hydrogen) atoms. The normalized spacial score (nSPS) is 10.3. The summed E-state index contributed by atoms with van der Waals surface area (Å²) in [7, 11) is 0. The van der Waals surface area contributed by atoms with Gasteiger partial charge >= 0.3 is 5.97 Å². The van der Waals surface area contributed by atoms with E-state index in [2.05, 4.69) is 10.4 Å². The Labute approximate surface area is 166 Å². The molecule has 1 heterocycles. The number of carbonyl (C=O) groups is 2. The van der Waals surface area contributed by atoms with Gasteiger partial charge in [0.15, 0.2) is 12.3 Å². The number of benzene rings is 2. The number of aromatic nitrogens is 2. The van der Waals surface area contributed by atoms with Crippen LogP contribution in [0, 0.1) is 11.3 Å². The van der Waals surface area contributed by atoms with Crippen molar-refractivity contribution in [3.8, 4) is 6.07 Å². The molecule has 0 spiro atoms. The fraction of sp³-hybridized carbons (Fsp3) is 0.190. The van der Waals surface area contributed by atoms with E-state index in [0.717, 1.165) is 0 Å². The van der Waals surface area contributed by atoms with Crippen molar-refractivity contribution < 1.29 is 14.3 Å². The quantitative estimate of drug-likeness (QED) is 0.647. The topological polar surface area (TPSA) is 114 Å². The minimum atomic E-state index is -0.810. The molecule has 8 nitrogen and oxygen atoms in total. The Kier molecular flexibility index (Phi) is 6.00. The lowest BCUT2D eigenvalue weighted by molar-refractivity contribution is -0.119. The summed E-state index contributed by atoms with van der Waals surface area (Å²) in [4.78, 5) is 37.2. The van der Waals surface area contributed by atoms with Gasteiger partial charge in [0.2, 0.25) is 0 Å². The molecule has 3 aromatic rings. The fourth-order valence-corrected chi connectivity index (χ4v) is 2.82. The summed E-state index contributed by atoms with van der Waals surface area (Å²) in [5.74, 6) is -1.40. The van der Waals surface area contributed by atoms with Crippen molar-refractivity contribution >= 4 is 28.3 Å². The molecular formula is C21H18N4O4. The van der Waals surface area contributed by atoms with Gasteiger partial charge in [-0.05, 0) is 24.6 Å². The van der Waals surface area contributed by atoms with Gasteiger partial charge in [0, 0.05) is 11.9 Å². The Morgan fingerprint density at radius 2 is 1.83 bits per heavy atom. The van der Waals surface area contributed by atoms with Gasteiger partial charge in [-0.15, -0.1) is 0 Å².